The van der Waals surface area contributed by atoms with Crippen molar-refractivity contribution in [2.45, 2.75) is 32.4 Å². The predicted molar refractivity (Wildman–Crippen MR) is 88.9 cm³/mol. The topological polar surface area (TPSA) is 67.9 Å². The molecular formula is C18H24N2O4. The summed E-state index contributed by atoms with van der Waals surface area (Å²) in [5.41, 5.74) is 1.39. The Kier molecular flexibility index (Phi) is 5.04. The number of rotatable bonds is 2. The van der Waals surface area contributed by atoms with Crippen molar-refractivity contribution in [1.29, 1.82) is 0 Å². The monoisotopic (exact) mass is 332 g/mol. The van der Waals surface area contributed by atoms with Crippen LogP contribution in [0.5, 0.6) is 5.75 Å². The van der Waals surface area contributed by atoms with Crippen molar-refractivity contribution in [2.75, 3.05) is 26.8 Å². The average molecular weight is 332 g/mol. The zero-order valence-corrected chi connectivity index (χ0v) is 14.2. The molecule has 130 valence electrons. The molecule has 6 heteroatoms. The second kappa shape index (κ2) is 7.21. The molecule has 1 aromatic carbocycles. The van der Waals surface area contributed by atoms with Gasteiger partial charge >= 0.3 is 5.97 Å². The van der Waals surface area contributed by atoms with Crippen LogP contribution < -0.4 is 10.1 Å². The Hall–Kier alpha value is -2.08. The van der Waals surface area contributed by atoms with E-state index >= 15 is 0 Å². The normalized spacial score (nSPS) is 21.4. The molecule has 3 rings (SSSR count). The lowest BCUT2D eigenvalue weighted by Gasteiger charge is -2.32. The van der Waals surface area contributed by atoms with Gasteiger partial charge in [0.05, 0.1) is 18.7 Å². The maximum Gasteiger partial charge on any atom is 0.337 e. The number of fused-ring (bicyclic) bond motifs is 1. The number of benzene rings is 1. The number of piperidine rings is 1. The van der Waals surface area contributed by atoms with Crippen LogP contribution in [0.25, 0.3) is 0 Å². The van der Waals surface area contributed by atoms with E-state index in [2.05, 4.69) is 5.32 Å². The fourth-order valence-electron chi connectivity index (χ4n) is 3.30. The van der Waals surface area contributed by atoms with Gasteiger partial charge in [0.2, 0.25) is 5.91 Å². The third-order valence-electron chi connectivity index (χ3n) is 4.81. The maximum atomic E-state index is 12.9. The highest BCUT2D eigenvalue weighted by molar-refractivity contribution is 5.90. The van der Waals surface area contributed by atoms with Crippen molar-refractivity contribution in [3.8, 4) is 5.75 Å². The van der Waals surface area contributed by atoms with Gasteiger partial charge in [-0.2, -0.15) is 0 Å². The molecule has 0 spiro atoms. The second-order valence-corrected chi connectivity index (χ2v) is 6.46. The smallest absolute Gasteiger partial charge is 0.337 e. The van der Waals surface area contributed by atoms with Crippen LogP contribution in [0.1, 0.15) is 35.7 Å². The van der Waals surface area contributed by atoms with E-state index in [0.29, 0.717) is 24.5 Å². The van der Waals surface area contributed by atoms with Crippen LogP contribution in [0, 0.1) is 5.92 Å². The molecule has 0 radical (unpaired) electrons. The van der Waals surface area contributed by atoms with E-state index in [4.69, 9.17) is 9.47 Å². The van der Waals surface area contributed by atoms with Crippen molar-refractivity contribution in [1.82, 2.24) is 10.2 Å². The molecule has 2 aliphatic heterocycles. The molecule has 1 amide bonds. The van der Waals surface area contributed by atoms with Gasteiger partial charge in [-0.15, -0.1) is 0 Å². The van der Waals surface area contributed by atoms with Crippen molar-refractivity contribution >= 4 is 11.9 Å². The van der Waals surface area contributed by atoms with Gasteiger partial charge in [-0.1, -0.05) is 6.07 Å². The van der Waals surface area contributed by atoms with Crippen molar-refractivity contribution in [3.05, 3.63) is 29.3 Å². The molecule has 6 nitrogen and oxygen atoms in total. The first-order valence-corrected chi connectivity index (χ1v) is 8.45. The van der Waals surface area contributed by atoms with Gasteiger partial charge in [-0.25, -0.2) is 4.79 Å². The van der Waals surface area contributed by atoms with E-state index < -0.39 is 0 Å². The van der Waals surface area contributed by atoms with Gasteiger partial charge in [-0.3, -0.25) is 4.79 Å². The van der Waals surface area contributed by atoms with Crippen LogP contribution in [0.15, 0.2) is 18.2 Å². The Morgan fingerprint density at radius 3 is 2.75 bits per heavy atom. The third-order valence-corrected chi connectivity index (χ3v) is 4.81. The number of nitrogens with one attached hydrogen (secondary N) is 1. The number of carbonyl (C=O) groups excluding carboxylic acids is 2. The summed E-state index contributed by atoms with van der Waals surface area (Å²) in [5.74, 6) is 0.564. The molecule has 1 saturated heterocycles. The minimum absolute atomic E-state index is 0.00126. The van der Waals surface area contributed by atoms with Crippen LogP contribution >= 0.6 is 0 Å². The Labute approximate surface area is 142 Å². The summed E-state index contributed by atoms with van der Waals surface area (Å²) < 4.78 is 10.6. The Bertz CT molecular complexity index is 625. The molecule has 2 aliphatic rings. The molecule has 0 aliphatic carbocycles. The Morgan fingerprint density at radius 1 is 1.29 bits per heavy atom. The largest absolute Gasteiger partial charge is 0.491 e. The fourth-order valence-corrected chi connectivity index (χ4v) is 3.30. The number of ether oxygens (including phenoxy) is 2. The van der Waals surface area contributed by atoms with Gasteiger partial charge in [0, 0.05) is 18.0 Å². The first-order valence-electron chi connectivity index (χ1n) is 8.45. The van der Waals surface area contributed by atoms with Crippen LogP contribution in [-0.4, -0.2) is 49.6 Å². The lowest BCUT2D eigenvalue weighted by molar-refractivity contribution is -0.139. The SMILES string of the molecule is COC(=O)c1ccc2c(c1)OC[C@H](C)N(C(=O)C1CCNCC1)C2. The molecule has 2 heterocycles. The zero-order valence-electron chi connectivity index (χ0n) is 14.2. The third kappa shape index (κ3) is 3.38. The van der Waals surface area contributed by atoms with E-state index in [1.54, 1.807) is 12.1 Å². The van der Waals surface area contributed by atoms with Crippen LogP contribution in [0.4, 0.5) is 0 Å². The lowest BCUT2D eigenvalue weighted by atomic mass is 9.95. The summed E-state index contributed by atoms with van der Waals surface area (Å²) in [6.45, 7) is 4.74. The quantitative estimate of drug-likeness (QED) is 0.833. The molecule has 0 bridgehead atoms. The highest BCUT2D eigenvalue weighted by Gasteiger charge is 2.31. The molecule has 0 unspecified atom stereocenters. The predicted octanol–water partition coefficient (Wildman–Crippen LogP) is 1.58. The molecule has 1 fully saturated rings. The minimum atomic E-state index is -0.388. The van der Waals surface area contributed by atoms with Crippen LogP contribution in [0.2, 0.25) is 0 Å². The zero-order chi connectivity index (χ0) is 17.1. The standard InChI is InChI=1S/C18H24N2O4/c1-12-11-24-16-9-14(18(22)23-2)3-4-15(16)10-20(12)17(21)13-5-7-19-8-6-13/h3-4,9,12-13,19H,5-8,10-11H2,1-2H3/t12-/m0/s1. The Morgan fingerprint density at radius 2 is 2.04 bits per heavy atom. The number of esters is 1. The number of hydrogen-bond donors (Lipinski definition) is 1. The van der Waals surface area contributed by atoms with Gasteiger partial charge in [0.1, 0.15) is 12.4 Å². The van der Waals surface area contributed by atoms with Gasteiger partial charge in [0.15, 0.2) is 0 Å². The first kappa shape index (κ1) is 16.8. The molecular weight excluding hydrogens is 308 g/mol. The molecule has 0 saturated carbocycles. The molecule has 1 aromatic rings. The van der Waals surface area contributed by atoms with E-state index in [1.807, 2.05) is 17.9 Å². The molecule has 1 atom stereocenters. The summed E-state index contributed by atoms with van der Waals surface area (Å²) in [4.78, 5) is 26.5. The summed E-state index contributed by atoms with van der Waals surface area (Å²) >= 11 is 0. The molecule has 1 N–H and O–H groups in total. The second-order valence-electron chi connectivity index (χ2n) is 6.46. The fraction of sp³-hybridized carbons (Fsp3) is 0.556. The van der Waals surface area contributed by atoms with Gasteiger partial charge in [-0.05, 0) is 45.0 Å². The van der Waals surface area contributed by atoms with Gasteiger partial charge < -0.3 is 19.7 Å². The summed E-state index contributed by atoms with van der Waals surface area (Å²) in [5, 5.41) is 3.29. The number of amides is 1. The lowest BCUT2D eigenvalue weighted by Crippen LogP contribution is -2.45. The minimum Gasteiger partial charge on any atom is -0.491 e. The van der Waals surface area contributed by atoms with E-state index in [-0.39, 0.29) is 23.8 Å². The number of hydrogen-bond acceptors (Lipinski definition) is 5. The Balaban J connectivity index is 1.81. The van der Waals surface area contributed by atoms with Crippen LogP contribution in [0.3, 0.4) is 0 Å². The van der Waals surface area contributed by atoms with Crippen molar-refractivity contribution in [2.24, 2.45) is 5.92 Å². The summed E-state index contributed by atoms with van der Waals surface area (Å²) in [6, 6.07) is 5.27. The summed E-state index contributed by atoms with van der Waals surface area (Å²) in [7, 11) is 1.36. The van der Waals surface area contributed by atoms with Crippen molar-refractivity contribution in [3.63, 3.8) is 0 Å². The van der Waals surface area contributed by atoms with E-state index in [1.165, 1.54) is 7.11 Å². The number of methoxy groups -OCH3 is 1. The maximum absolute atomic E-state index is 12.9. The first-order chi connectivity index (χ1) is 11.6. The highest BCUT2D eigenvalue weighted by Crippen LogP contribution is 2.28. The van der Waals surface area contributed by atoms with Crippen LogP contribution in [-0.2, 0) is 16.1 Å². The van der Waals surface area contributed by atoms with Gasteiger partial charge in [0.25, 0.3) is 0 Å². The van der Waals surface area contributed by atoms with Crippen molar-refractivity contribution < 1.29 is 19.1 Å². The number of nitrogens with zero attached hydrogens (tertiary/aromatic N) is 1. The average Bonchev–Trinajstić information content (AvgIpc) is 2.80. The number of carbonyl (C=O) groups is 2. The molecule has 24 heavy (non-hydrogen) atoms. The van der Waals surface area contributed by atoms with E-state index in [0.717, 1.165) is 31.5 Å². The molecule has 0 aromatic heterocycles. The summed E-state index contributed by atoms with van der Waals surface area (Å²) in [6.07, 6.45) is 1.77. The highest BCUT2D eigenvalue weighted by atomic mass is 16.5. The van der Waals surface area contributed by atoms with E-state index in [9.17, 15) is 9.59 Å².